The molecule has 0 atom stereocenters. The van der Waals surface area contributed by atoms with Crippen molar-refractivity contribution in [3.63, 3.8) is 0 Å². The van der Waals surface area contributed by atoms with Crippen molar-refractivity contribution >= 4 is 34.7 Å². The van der Waals surface area contributed by atoms with E-state index < -0.39 is 0 Å². The number of methoxy groups -OCH3 is 2. The van der Waals surface area contributed by atoms with Crippen LogP contribution in [0.5, 0.6) is 11.5 Å². The average molecular weight is 357 g/mol. The van der Waals surface area contributed by atoms with Crippen molar-refractivity contribution in [2.75, 3.05) is 24.9 Å². The largest absolute Gasteiger partial charge is 0.497 e. The van der Waals surface area contributed by atoms with Crippen molar-refractivity contribution < 1.29 is 9.47 Å². The maximum atomic E-state index is 6.05. The number of aromatic nitrogens is 2. The third kappa shape index (κ3) is 4.30. The molecule has 2 N–H and O–H groups in total. The van der Waals surface area contributed by atoms with Gasteiger partial charge in [0.05, 0.1) is 19.9 Å². The number of hydrogen-bond acceptors (Lipinski definition) is 6. The summed E-state index contributed by atoms with van der Waals surface area (Å²) in [5, 5.41) is 6.94. The van der Waals surface area contributed by atoms with Gasteiger partial charge >= 0.3 is 0 Å². The van der Waals surface area contributed by atoms with Gasteiger partial charge in [-0.1, -0.05) is 11.6 Å². The molecule has 0 bridgehead atoms. The van der Waals surface area contributed by atoms with Crippen LogP contribution in [-0.4, -0.2) is 24.2 Å². The normalized spacial score (nSPS) is 10.2. The molecule has 25 heavy (non-hydrogen) atoms. The highest BCUT2D eigenvalue weighted by Gasteiger charge is 2.06. The first-order chi connectivity index (χ1) is 12.2. The summed E-state index contributed by atoms with van der Waals surface area (Å²) < 4.78 is 10.5. The first kappa shape index (κ1) is 16.9. The van der Waals surface area contributed by atoms with Gasteiger partial charge in [0.25, 0.3) is 0 Å². The second kappa shape index (κ2) is 7.72. The van der Waals surface area contributed by atoms with Crippen molar-refractivity contribution in [3.05, 3.63) is 59.8 Å². The number of ether oxygens (including phenoxy) is 2. The molecule has 7 heteroatoms. The van der Waals surface area contributed by atoms with Crippen LogP contribution >= 0.6 is 11.6 Å². The fourth-order valence-corrected chi connectivity index (χ4v) is 2.38. The number of hydrogen-bond donors (Lipinski definition) is 2. The van der Waals surface area contributed by atoms with Crippen molar-refractivity contribution in [1.29, 1.82) is 0 Å². The van der Waals surface area contributed by atoms with Gasteiger partial charge < -0.3 is 20.1 Å². The van der Waals surface area contributed by atoms with Crippen LogP contribution in [0, 0.1) is 0 Å². The topological polar surface area (TPSA) is 68.3 Å². The van der Waals surface area contributed by atoms with Crippen LogP contribution in [-0.2, 0) is 0 Å². The Bertz CT molecular complexity index is 856. The summed E-state index contributed by atoms with van der Waals surface area (Å²) in [6.07, 6.45) is 1.66. The third-order valence-electron chi connectivity index (χ3n) is 3.43. The van der Waals surface area contributed by atoms with E-state index in [9.17, 15) is 0 Å². The van der Waals surface area contributed by atoms with Crippen molar-refractivity contribution in [1.82, 2.24) is 9.97 Å². The molecule has 6 nitrogen and oxygen atoms in total. The third-order valence-corrected chi connectivity index (χ3v) is 3.66. The van der Waals surface area contributed by atoms with Gasteiger partial charge in [0, 0.05) is 16.9 Å². The van der Waals surface area contributed by atoms with Crippen LogP contribution in [0.4, 0.5) is 23.1 Å². The Balaban J connectivity index is 1.78. The Hall–Kier alpha value is -2.99. The van der Waals surface area contributed by atoms with E-state index in [0.29, 0.717) is 22.5 Å². The quantitative estimate of drug-likeness (QED) is 0.671. The molecule has 0 fully saturated rings. The summed E-state index contributed by atoms with van der Waals surface area (Å²) in [4.78, 5) is 8.68. The lowest BCUT2D eigenvalue weighted by Crippen LogP contribution is -2.01. The molecule has 3 aromatic rings. The predicted molar refractivity (Wildman–Crippen MR) is 99.6 cm³/mol. The van der Waals surface area contributed by atoms with Crippen LogP contribution in [0.15, 0.2) is 54.7 Å². The van der Waals surface area contributed by atoms with Gasteiger partial charge in [-0.2, -0.15) is 4.98 Å². The first-order valence-corrected chi connectivity index (χ1v) is 7.90. The van der Waals surface area contributed by atoms with E-state index in [1.165, 1.54) is 0 Å². The SMILES string of the molecule is COc1ccc(Nc2nccc(Nc3cc(Cl)ccc3OC)n2)cc1. The number of halogens is 1. The van der Waals surface area contributed by atoms with Gasteiger partial charge in [0.15, 0.2) is 0 Å². The lowest BCUT2D eigenvalue weighted by Gasteiger charge is -2.12. The van der Waals surface area contributed by atoms with Crippen LogP contribution < -0.4 is 20.1 Å². The molecule has 0 aliphatic heterocycles. The molecular weight excluding hydrogens is 340 g/mol. The summed E-state index contributed by atoms with van der Waals surface area (Å²) in [5.41, 5.74) is 1.59. The smallest absolute Gasteiger partial charge is 0.229 e. The highest BCUT2D eigenvalue weighted by molar-refractivity contribution is 6.31. The van der Waals surface area contributed by atoms with Crippen molar-refractivity contribution in [2.24, 2.45) is 0 Å². The van der Waals surface area contributed by atoms with Crippen molar-refractivity contribution in [3.8, 4) is 11.5 Å². The molecule has 0 spiro atoms. The van der Waals surface area contributed by atoms with E-state index in [1.54, 1.807) is 44.7 Å². The van der Waals surface area contributed by atoms with E-state index in [0.717, 1.165) is 17.1 Å². The van der Waals surface area contributed by atoms with E-state index in [-0.39, 0.29) is 0 Å². The second-order valence-corrected chi connectivity index (χ2v) is 5.53. The Morgan fingerprint density at radius 1 is 0.920 bits per heavy atom. The zero-order chi connectivity index (χ0) is 17.6. The van der Waals surface area contributed by atoms with Gasteiger partial charge in [-0.15, -0.1) is 0 Å². The van der Waals surface area contributed by atoms with E-state index >= 15 is 0 Å². The molecule has 0 radical (unpaired) electrons. The number of anilines is 4. The molecule has 1 heterocycles. The minimum absolute atomic E-state index is 0.469. The summed E-state index contributed by atoms with van der Waals surface area (Å²) >= 11 is 6.05. The van der Waals surface area contributed by atoms with E-state index in [4.69, 9.17) is 21.1 Å². The Labute approximate surface area is 150 Å². The maximum Gasteiger partial charge on any atom is 0.229 e. The number of benzene rings is 2. The van der Waals surface area contributed by atoms with Gasteiger partial charge in [-0.05, 0) is 48.5 Å². The lowest BCUT2D eigenvalue weighted by atomic mass is 10.3. The van der Waals surface area contributed by atoms with E-state index in [2.05, 4.69) is 20.6 Å². The molecule has 0 saturated heterocycles. The number of nitrogens with one attached hydrogen (secondary N) is 2. The Morgan fingerprint density at radius 2 is 1.72 bits per heavy atom. The summed E-state index contributed by atoms with van der Waals surface area (Å²) in [6, 6.07) is 14.6. The van der Waals surface area contributed by atoms with E-state index in [1.807, 2.05) is 24.3 Å². The number of nitrogens with zero attached hydrogens (tertiary/aromatic N) is 2. The molecule has 0 saturated carbocycles. The standard InChI is InChI=1S/C18H17ClN4O2/c1-24-14-6-4-13(5-7-14)21-18-20-10-9-17(23-18)22-15-11-12(19)3-8-16(15)25-2/h3-11H,1-2H3,(H2,20,21,22,23). The van der Waals surface area contributed by atoms with Gasteiger partial charge in [-0.3, -0.25) is 0 Å². The van der Waals surface area contributed by atoms with Crippen molar-refractivity contribution in [2.45, 2.75) is 0 Å². The second-order valence-electron chi connectivity index (χ2n) is 5.09. The molecule has 3 rings (SSSR count). The van der Waals surface area contributed by atoms with Gasteiger partial charge in [-0.25, -0.2) is 4.98 Å². The Kier molecular flexibility index (Phi) is 5.20. The summed E-state index contributed by atoms with van der Waals surface area (Å²) in [6.45, 7) is 0. The van der Waals surface area contributed by atoms with Crippen LogP contribution in [0.3, 0.4) is 0 Å². The molecular formula is C18H17ClN4O2. The van der Waals surface area contributed by atoms with Gasteiger partial charge in [0.2, 0.25) is 5.95 Å². The molecule has 2 aromatic carbocycles. The predicted octanol–water partition coefficient (Wildman–Crippen LogP) is 4.63. The molecule has 128 valence electrons. The Morgan fingerprint density at radius 3 is 2.44 bits per heavy atom. The number of rotatable bonds is 6. The summed E-state index contributed by atoms with van der Waals surface area (Å²) in [5.74, 6) is 2.55. The highest BCUT2D eigenvalue weighted by atomic mass is 35.5. The maximum absolute atomic E-state index is 6.05. The lowest BCUT2D eigenvalue weighted by molar-refractivity contribution is 0.415. The van der Waals surface area contributed by atoms with Gasteiger partial charge in [0.1, 0.15) is 17.3 Å². The molecule has 0 aliphatic carbocycles. The summed E-state index contributed by atoms with van der Waals surface area (Å²) in [7, 11) is 3.23. The molecule has 1 aromatic heterocycles. The van der Waals surface area contributed by atoms with Crippen LogP contribution in [0.2, 0.25) is 5.02 Å². The minimum atomic E-state index is 0.469. The minimum Gasteiger partial charge on any atom is -0.497 e. The average Bonchev–Trinajstić information content (AvgIpc) is 2.63. The monoisotopic (exact) mass is 356 g/mol. The van der Waals surface area contributed by atoms with Crippen LogP contribution in [0.25, 0.3) is 0 Å². The fraction of sp³-hybridized carbons (Fsp3) is 0.111. The molecule has 0 aliphatic rings. The molecule has 0 unspecified atom stereocenters. The highest BCUT2D eigenvalue weighted by Crippen LogP contribution is 2.30. The van der Waals surface area contributed by atoms with Crippen LogP contribution in [0.1, 0.15) is 0 Å². The molecule has 0 amide bonds. The zero-order valence-corrected chi connectivity index (χ0v) is 14.5. The first-order valence-electron chi connectivity index (χ1n) is 7.52. The fourth-order valence-electron chi connectivity index (χ4n) is 2.21. The zero-order valence-electron chi connectivity index (χ0n) is 13.8.